The van der Waals surface area contributed by atoms with E-state index in [1.807, 2.05) is 11.6 Å². The Labute approximate surface area is 89.1 Å². The van der Waals surface area contributed by atoms with Crippen molar-refractivity contribution in [2.24, 2.45) is 10.7 Å². The maximum atomic E-state index is 5.72. The minimum atomic E-state index is 0.380. The Morgan fingerprint density at radius 2 is 2.50 bits per heavy atom. The zero-order valence-electron chi connectivity index (χ0n) is 8.73. The minimum Gasteiger partial charge on any atom is -0.387 e. The van der Waals surface area contributed by atoms with Crippen LogP contribution >= 0.6 is 11.3 Å². The van der Waals surface area contributed by atoms with Crippen molar-refractivity contribution in [1.29, 1.82) is 0 Å². The van der Waals surface area contributed by atoms with Gasteiger partial charge in [0.2, 0.25) is 0 Å². The molecule has 14 heavy (non-hydrogen) atoms. The highest BCUT2D eigenvalue weighted by atomic mass is 32.1. The smallest absolute Gasteiger partial charge is 0.0971 e. The molecule has 0 fully saturated rings. The number of hydrogen-bond acceptors (Lipinski definition) is 3. The van der Waals surface area contributed by atoms with Crippen molar-refractivity contribution in [2.75, 3.05) is 6.54 Å². The average Bonchev–Trinajstić information content (AvgIpc) is 2.67. The Kier molecular flexibility index (Phi) is 4.59. The summed E-state index contributed by atoms with van der Waals surface area (Å²) < 4.78 is 0. The summed E-state index contributed by atoms with van der Waals surface area (Å²) in [7, 11) is 0. The summed E-state index contributed by atoms with van der Waals surface area (Å²) in [5, 5.41) is 3.13. The monoisotopic (exact) mass is 211 g/mol. The first kappa shape index (κ1) is 11.2. The van der Waals surface area contributed by atoms with Crippen LogP contribution < -0.4 is 5.73 Å². The summed E-state index contributed by atoms with van der Waals surface area (Å²) in [4.78, 5) is 8.58. The zero-order chi connectivity index (χ0) is 10.4. The van der Waals surface area contributed by atoms with Crippen molar-refractivity contribution >= 4 is 17.2 Å². The second-order valence-corrected chi connectivity index (χ2v) is 4.28. The number of rotatable bonds is 5. The van der Waals surface area contributed by atoms with Gasteiger partial charge in [-0.15, -0.1) is 11.3 Å². The number of thiazole rings is 1. The first-order valence-electron chi connectivity index (χ1n) is 4.92. The van der Waals surface area contributed by atoms with E-state index >= 15 is 0 Å². The van der Waals surface area contributed by atoms with E-state index in [-0.39, 0.29) is 0 Å². The molecule has 78 valence electrons. The summed E-state index contributed by atoms with van der Waals surface area (Å²) in [5.41, 5.74) is 5.72. The van der Waals surface area contributed by atoms with Gasteiger partial charge in [0.25, 0.3) is 0 Å². The molecule has 1 rings (SSSR count). The van der Waals surface area contributed by atoms with Crippen molar-refractivity contribution in [3.63, 3.8) is 0 Å². The van der Waals surface area contributed by atoms with Gasteiger partial charge in [0.05, 0.1) is 10.8 Å². The molecule has 0 aliphatic heterocycles. The highest BCUT2D eigenvalue weighted by Crippen LogP contribution is 2.17. The van der Waals surface area contributed by atoms with Crippen molar-refractivity contribution in [1.82, 2.24) is 4.98 Å². The number of amidine groups is 1. The molecule has 0 spiro atoms. The summed E-state index contributed by atoms with van der Waals surface area (Å²) in [6, 6.07) is 0. The van der Waals surface area contributed by atoms with Crippen LogP contribution in [0.25, 0.3) is 0 Å². The third-order valence-electron chi connectivity index (χ3n) is 1.95. The molecular formula is C10H17N3S. The van der Waals surface area contributed by atoms with Crippen molar-refractivity contribution in [3.8, 4) is 0 Å². The molecule has 1 unspecified atom stereocenters. The van der Waals surface area contributed by atoms with Crippen molar-refractivity contribution in [3.05, 3.63) is 16.6 Å². The molecule has 4 heteroatoms. The molecule has 0 bridgehead atoms. The molecule has 0 saturated carbocycles. The Bertz CT molecular complexity index is 280. The molecular weight excluding hydrogens is 194 g/mol. The molecule has 0 saturated heterocycles. The Morgan fingerprint density at radius 1 is 1.71 bits per heavy atom. The maximum Gasteiger partial charge on any atom is 0.0971 e. The lowest BCUT2D eigenvalue weighted by molar-refractivity contribution is 0.762. The van der Waals surface area contributed by atoms with Gasteiger partial charge in [-0.25, -0.2) is 4.98 Å². The van der Waals surface area contributed by atoms with Crippen LogP contribution in [0.3, 0.4) is 0 Å². The lowest BCUT2D eigenvalue weighted by Gasteiger charge is -2.04. The molecule has 0 aliphatic rings. The normalized spacial score (nSPS) is 14.3. The van der Waals surface area contributed by atoms with Crippen LogP contribution in [0.5, 0.6) is 0 Å². The van der Waals surface area contributed by atoms with E-state index in [1.165, 1.54) is 0 Å². The van der Waals surface area contributed by atoms with E-state index < -0.39 is 0 Å². The second kappa shape index (κ2) is 5.75. The van der Waals surface area contributed by atoms with E-state index in [1.54, 1.807) is 11.3 Å². The fourth-order valence-electron chi connectivity index (χ4n) is 1.15. The number of aromatic nitrogens is 1. The molecule has 0 amide bonds. The summed E-state index contributed by atoms with van der Waals surface area (Å²) in [5.74, 6) is 1.14. The Morgan fingerprint density at radius 3 is 3.07 bits per heavy atom. The molecule has 2 N–H and O–H groups in total. The van der Waals surface area contributed by atoms with E-state index in [9.17, 15) is 0 Å². The van der Waals surface area contributed by atoms with E-state index in [4.69, 9.17) is 5.73 Å². The van der Waals surface area contributed by atoms with Gasteiger partial charge in [-0.3, -0.25) is 4.99 Å². The van der Waals surface area contributed by atoms with Gasteiger partial charge < -0.3 is 5.73 Å². The van der Waals surface area contributed by atoms with Gasteiger partial charge >= 0.3 is 0 Å². The van der Waals surface area contributed by atoms with Crippen molar-refractivity contribution in [2.45, 2.75) is 32.6 Å². The fraction of sp³-hybridized carbons (Fsp3) is 0.600. The van der Waals surface area contributed by atoms with Crippen molar-refractivity contribution < 1.29 is 0 Å². The van der Waals surface area contributed by atoms with Gasteiger partial charge in [0, 0.05) is 30.5 Å². The van der Waals surface area contributed by atoms with Crippen LogP contribution in [0, 0.1) is 0 Å². The van der Waals surface area contributed by atoms with Crippen LogP contribution in [0.1, 0.15) is 37.6 Å². The maximum absolute atomic E-state index is 5.72. The van der Waals surface area contributed by atoms with Gasteiger partial charge in [-0.05, 0) is 6.42 Å². The average molecular weight is 211 g/mol. The Balaban J connectivity index is 2.42. The molecule has 1 atom stereocenters. The lowest BCUT2D eigenvalue weighted by atomic mass is 10.2. The first-order chi connectivity index (χ1) is 6.74. The number of aliphatic imine (C=N–C) groups is 1. The summed E-state index contributed by atoms with van der Waals surface area (Å²) in [6.45, 7) is 4.98. The fourth-order valence-corrected chi connectivity index (χ4v) is 1.84. The van der Waals surface area contributed by atoms with Gasteiger partial charge in [0.15, 0.2) is 0 Å². The van der Waals surface area contributed by atoms with Gasteiger partial charge in [-0.2, -0.15) is 0 Å². The summed E-state index contributed by atoms with van der Waals surface area (Å²) in [6.07, 6.45) is 3.78. The standard InChI is InChI=1S/C10H17N3S/c1-3-4-9(11)13-7-8(2)10-12-5-6-14-10/h5-6,8H,3-4,7H2,1-2H3,(H2,11,13). The molecule has 0 aromatic carbocycles. The zero-order valence-corrected chi connectivity index (χ0v) is 9.55. The quantitative estimate of drug-likeness (QED) is 0.600. The third-order valence-corrected chi connectivity index (χ3v) is 2.95. The van der Waals surface area contributed by atoms with Crippen LogP contribution in [0.4, 0.5) is 0 Å². The third kappa shape index (κ3) is 3.46. The lowest BCUT2D eigenvalue weighted by Crippen LogP contribution is -2.13. The van der Waals surface area contributed by atoms with E-state index in [0.717, 1.165) is 30.2 Å². The molecule has 3 nitrogen and oxygen atoms in total. The molecule has 1 aromatic heterocycles. The van der Waals surface area contributed by atoms with Gasteiger partial charge in [0.1, 0.15) is 0 Å². The first-order valence-corrected chi connectivity index (χ1v) is 5.80. The summed E-state index contributed by atoms with van der Waals surface area (Å²) >= 11 is 1.67. The topological polar surface area (TPSA) is 51.3 Å². The van der Waals surface area contributed by atoms with E-state index in [2.05, 4.69) is 23.8 Å². The second-order valence-electron chi connectivity index (χ2n) is 3.35. The van der Waals surface area contributed by atoms with E-state index in [0.29, 0.717) is 5.92 Å². The van der Waals surface area contributed by atoms with Crippen LogP contribution in [0.2, 0.25) is 0 Å². The SMILES string of the molecule is CCCC(N)=NCC(C)c1nccs1. The number of hydrogen-bond donors (Lipinski definition) is 1. The molecule has 0 aliphatic carbocycles. The predicted molar refractivity (Wildman–Crippen MR) is 61.9 cm³/mol. The Hall–Kier alpha value is -0.900. The van der Waals surface area contributed by atoms with Gasteiger partial charge in [-0.1, -0.05) is 13.8 Å². The largest absolute Gasteiger partial charge is 0.387 e. The highest BCUT2D eigenvalue weighted by Gasteiger charge is 2.06. The molecule has 1 aromatic rings. The minimum absolute atomic E-state index is 0.380. The highest BCUT2D eigenvalue weighted by molar-refractivity contribution is 7.09. The van der Waals surface area contributed by atoms with Crippen LogP contribution in [0.15, 0.2) is 16.6 Å². The number of nitrogens with two attached hydrogens (primary N) is 1. The molecule has 0 radical (unpaired) electrons. The van der Waals surface area contributed by atoms with Crippen LogP contribution in [-0.2, 0) is 0 Å². The molecule has 1 heterocycles. The number of nitrogens with zero attached hydrogens (tertiary/aromatic N) is 2. The van der Waals surface area contributed by atoms with Crippen LogP contribution in [-0.4, -0.2) is 17.4 Å². The predicted octanol–water partition coefficient (Wildman–Crippen LogP) is 2.40.